The number of hydrogen-bond acceptors (Lipinski definition) is 10. The van der Waals surface area contributed by atoms with E-state index in [4.69, 9.17) is 28.1 Å². The normalized spacial score (nSPS) is 10.5. The monoisotopic (exact) mass is 511 g/mol. The Labute approximate surface area is 212 Å². The van der Waals surface area contributed by atoms with E-state index in [-0.39, 0.29) is 29.4 Å². The zero-order chi connectivity index (χ0) is 26.8. The van der Waals surface area contributed by atoms with Crippen LogP contribution in [0.3, 0.4) is 0 Å². The molecule has 0 aliphatic carbocycles. The van der Waals surface area contributed by atoms with Crippen LogP contribution in [0, 0.1) is 0 Å². The highest BCUT2D eigenvalue weighted by Gasteiger charge is 2.19. The van der Waals surface area contributed by atoms with Gasteiger partial charge in [-0.05, 0) is 48.0 Å². The molecule has 0 saturated heterocycles. The van der Waals surface area contributed by atoms with Crippen LogP contribution in [-0.2, 0) is 4.79 Å². The minimum absolute atomic E-state index is 0.0921. The van der Waals surface area contributed by atoms with Crippen molar-refractivity contribution in [2.24, 2.45) is 5.10 Å². The Kier molecular flexibility index (Phi) is 9.08. The van der Waals surface area contributed by atoms with Crippen molar-refractivity contribution < 1.29 is 42.5 Å². The largest absolute Gasteiger partial charge is 0.493 e. The molecule has 0 atom stereocenters. The molecule has 2 aromatic carbocycles. The Hall–Kier alpha value is -5.00. The lowest BCUT2D eigenvalue weighted by atomic mass is 10.1. The Morgan fingerprint density at radius 1 is 0.892 bits per heavy atom. The van der Waals surface area contributed by atoms with Crippen LogP contribution in [-0.4, -0.2) is 59.0 Å². The molecule has 0 saturated carbocycles. The van der Waals surface area contributed by atoms with Crippen LogP contribution in [0.25, 0.3) is 0 Å². The summed E-state index contributed by atoms with van der Waals surface area (Å²) in [5.74, 6) is -0.300. The van der Waals surface area contributed by atoms with Crippen LogP contribution in [0.5, 0.6) is 28.7 Å². The van der Waals surface area contributed by atoms with Crippen LogP contribution in [0.1, 0.15) is 26.5 Å². The minimum atomic E-state index is -0.678. The number of hydrazone groups is 1. The van der Waals surface area contributed by atoms with Gasteiger partial charge in [0.2, 0.25) is 5.75 Å². The van der Waals surface area contributed by atoms with Crippen molar-refractivity contribution in [3.8, 4) is 28.7 Å². The van der Waals surface area contributed by atoms with Gasteiger partial charge in [0.25, 0.3) is 11.8 Å². The first kappa shape index (κ1) is 26.6. The first-order valence-corrected chi connectivity index (χ1v) is 10.7. The van der Waals surface area contributed by atoms with E-state index in [1.54, 1.807) is 18.2 Å². The second kappa shape index (κ2) is 12.6. The van der Waals surface area contributed by atoms with Gasteiger partial charge in [-0.25, -0.2) is 10.2 Å². The number of carbonyl (C=O) groups is 3. The number of amides is 2. The maximum absolute atomic E-state index is 12.8. The van der Waals surface area contributed by atoms with E-state index in [2.05, 4.69) is 15.8 Å². The first-order chi connectivity index (χ1) is 17.9. The Morgan fingerprint density at radius 3 is 2.19 bits per heavy atom. The van der Waals surface area contributed by atoms with E-state index in [0.717, 1.165) is 0 Å². The second-order valence-corrected chi connectivity index (χ2v) is 7.17. The zero-order valence-corrected chi connectivity index (χ0v) is 20.5. The van der Waals surface area contributed by atoms with Gasteiger partial charge in [-0.2, -0.15) is 5.10 Å². The smallest absolute Gasteiger partial charge is 0.343 e. The SMILES string of the molecule is COc1cc(/C=N\NC(=O)CNC(=O)c2ccco2)ccc1OC(=O)c1cc(OC)c(OC)c(OC)c1. The molecular weight excluding hydrogens is 486 g/mol. The lowest BCUT2D eigenvalue weighted by Crippen LogP contribution is -2.34. The number of benzene rings is 2. The van der Waals surface area contributed by atoms with Crippen molar-refractivity contribution in [2.75, 3.05) is 35.0 Å². The molecule has 0 aliphatic rings. The van der Waals surface area contributed by atoms with E-state index in [1.807, 2.05) is 0 Å². The molecule has 1 heterocycles. The predicted octanol–water partition coefficient (Wildman–Crippen LogP) is 2.41. The van der Waals surface area contributed by atoms with E-state index in [0.29, 0.717) is 22.8 Å². The number of rotatable bonds is 11. The average molecular weight is 511 g/mol. The number of nitrogens with one attached hydrogen (secondary N) is 2. The summed E-state index contributed by atoms with van der Waals surface area (Å²) >= 11 is 0. The third-order valence-electron chi connectivity index (χ3n) is 4.85. The van der Waals surface area contributed by atoms with Gasteiger partial charge in [0, 0.05) is 0 Å². The summed E-state index contributed by atoms with van der Waals surface area (Å²) in [6.07, 6.45) is 2.72. The zero-order valence-electron chi connectivity index (χ0n) is 20.5. The molecule has 0 aliphatic heterocycles. The molecule has 2 amide bonds. The van der Waals surface area contributed by atoms with Crippen LogP contribution in [0.4, 0.5) is 0 Å². The van der Waals surface area contributed by atoms with E-state index >= 15 is 0 Å². The fraction of sp³-hybridized carbons (Fsp3) is 0.200. The number of nitrogens with zero attached hydrogens (tertiary/aromatic N) is 1. The fourth-order valence-corrected chi connectivity index (χ4v) is 3.08. The van der Waals surface area contributed by atoms with Crippen molar-refractivity contribution in [3.63, 3.8) is 0 Å². The highest BCUT2D eigenvalue weighted by atomic mass is 16.6. The number of methoxy groups -OCH3 is 4. The third kappa shape index (κ3) is 6.78. The topological polar surface area (TPSA) is 147 Å². The lowest BCUT2D eigenvalue weighted by Gasteiger charge is -2.14. The molecule has 194 valence electrons. The van der Waals surface area contributed by atoms with Gasteiger partial charge >= 0.3 is 5.97 Å². The Morgan fingerprint density at radius 2 is 1.59 bits per heavy atom. The minimum Gasteiger partial charge on any atom is -0.493 e. The summed E-state index contributed by atoms with van der Waals surface area (Å²) in [5.41, 5.74) is 3.01. The van der Waals surface area contributed by atoms with Gasteiger partial charge in [0.05, 0.1) is 53.0 Å². The molecule has 12 nitrogen and oxygen atoms in total. The van der Waals surface area contributed by atoms with Gasteiger partial charge in [-0.15, -0.1) is 0 Å². The maximum atomic E-state index is 12.8. The van der Waals surface area contributed by atoms with E-state index < -0.39 is 17.8 Å². The Balaban J connectivity index is 1.63. The van der Waals surface area contributed by atoms with Gasteiger partial charge < -0.3 is 33.4 Å². The van der Waals surface area contributed by atoms with Gasteiger partial charge in [0.15, 0.2) is 28.8 Å². The predicted molar refractivity (Wildman–Crippen MR) is 131 cm³/mol. The average Bonchev–Trinajstić information content (AvgIpc) is 3.46. The molecule has 0 bridgehead atoms. The quantitative estimate of drug-likeness (QED) is 0.171. The number of furan rings is 1. The first-order valence-electron chi connectivity index (χ1n) is 10.7. The maximum Gasteiger partial charge on any atom is 0.343 e. The van der Waals surface area contributed by atoms with Gasteiger partial charge in [-0.3, -0.25) is 9.59 Å². The van der Waals surface area contributed by atoms with Crippen molar-refractivity contribution >= 4 is 24.0 Å². The van der Waals surface area contributed by atoms with Crippen molar-refractivity contribution in [2.45, 2.75) is 0 Å². The summed E-state index contributed by atoms with van der Waals surface area (Å²) < 4.78 is 31.6. The van der Waals surface area contributed by atoms with E-state index in [1.165, 1.54) is 65.2 Å². The van der Waals surface area contributed by atoms with Crippen LogP contribution in [0.15, 0.2) is 58.2 Å². The van der Waals surface area contributed by atoms with Crippen LogP contribution in [0.2, 0.25) is 0 Å². The van der Waals surface area contributed by atoms with Crippen LogP contribution >= 0.6 is 0 Å². The number of ether oxygens (including phenoxy) is 5. The molecule has 0 unspecified atom stereocenters. The summed E-state index contributed by atoms with van der Waals surface area (Å²) in [6, 6.07) is 10.7. The molecule has 2 N–H and O–H groups in total. The number of esters is 1. The third-order valence-corrected chi connectivity index (χ3v) is 4.85. The Bertz CT molecular complexity index is 1260. The van der Waals surface area contributed by atoms with Crippen molar-refractivity contribution in [1.29, 1.82) is 0 Å². The standard InChI is InChI=1S/C25H25N3O9/c1-32-19-10-15(13-27-28-22(29)14-26-24(30)18-6-5-9-36-18)7-8-17(19)37-25(31)16-11-20(33-2)23(35-4)21(12-16)34-3/h5-13H,14H2,1-4H3,(H,26,30)(H,28,29)/b27-13-. The fourth-order valence-electron chi connectivity index (χ4n) is 3.08. The summed E-state index contributed by atoms with van der Waals surface area (Å²) in [7, 11) is 5.75. The highest BCUT2D eigenvalue weighted by molar-refractivity contribution is 5.94. The second-order valence-electron chi connectivity index (χ2n) is 7.17. The van der Waals surface area contributed by atoms with Crippen molar-refractivity contribution in [1.82, 2.24) is 10.7 Å². The van der Waals surface area contributed by atoms with Crippen LogP contribution < -0.4 is 34.4 Å². The number of carbonyl (C=O) groups excluding carboxylic acids is 3. The molecule has 37 heavy (non-hydrogen) atoms. The lowest BCUT2D eigenvalue weighted by molar-refractivity contribution is -0.120. The van der Waals surface area contributed by atoms with Gasteiger partial charge in [0.1, 0.15) is 0 Å². The molecule has 3 rings (SSSR count). The molecule has 0 radical (unpaired) electrons. The summed E-state index contributed by atoms with van der Waals surface area (Å²) in [4.78, 5) is 36.5. The summed E-state index contributed by atoms with van der Waals surface area (Å²) in [6.45, 7) is -0.296. The van der Waals surface area contributed by atoms with E-state index in [9.17, 15) is 14.4 Å². The molecule has 3 aromatic rings. The highest BCUT2D eigenvalue weighted by Crippen LogP contribution is 2.38. The molecule has 0 fully saturated rings. The van der Waals surface area contributed by atoms with Gasteiger partial charge in [-0.1, -0.05) is 0 Å². The molecule has 12 heteroatoms. The molecular formula is C25H25N3O9. The number of hydrogen-bond donors (Lipinski definition) is 2. The molecule has 1 aromatic heterocycles. The summed E-state index contributed by atoms with van der Waals surface area (Å²) in [5, 5.41) is 6.25. The molecule has 0 spiro atoms. The van der Waals surface area contributed by atoms with Crippen molar-refractivity contribution in [3.05, 3.63) is 65.6 Å².